The lowest BCUT2D eigenvalue weighted by atomic mass is 9.89. The van der Waals surface area contributed by atoms with Crippen LogP contribution in [0.5, 0.6) is 0 Å². The molecule has 2 heterocycles. The van der Waals surface area contributed by atoms with E-state index in [4.69, 9.17) is 19.9 Å². The van der Waals surface area contributed by atoms with Crippen molar-refractivity contribution in [2.24, 2.45) is 0 Å². The molecular weight excluding hydrogens is 729 g/mol. The monoisotopic (exact) mass is 760 g/mol. The zero-order valence-electron chi connectivity index (χ0n) is 32.3. The second-order valence-electron chi connectivity index (χ2n) is 15.8. The first kappa shape index (κ1) is 32.9. The van der Waals surface area contributed by atoms with Gasteiger partial charge in [-0.05, 0) is 118 Å². The lowest BCUT2D eigenvalue weighted by molar-refractivity contribution is 1.06. The third kappa shape index (κ3) is 4.91. The summed E-state index contributed by atoms with van der Waals surface area (Å²) in [6, 6.07) is 67.5. The van der Waals surface area contributed by atoms with Gasteiger partial charge in [-0.3, -0.25) is 4.98 Å². The predicted octanol–water partition coefficient (Wildman–Crippen LogP) is 14.4. The number of nitrogens with zero attached hydrogens (tertiary/aromatic N) is 4. The fourth-order valence-electron chi connectivity index (χ4n) is 9.73. The molecule has 4 heteroatoms. The van der Waals surface area contributed by atoms with Crippen LogP contribution >= 0.6 is 0 Å². The number of hydrogen-bond donors (Lipinski definition) is 0. The Morgan fingerprint density at radius 1 is 0.267 bits per heavy atom. The molecule has 0 fully saturated rings. The third-order valence-electron chi connectivity index (χ3n) is 12.4. The van der Waals surface area contributed by atoms with E-state index in [1.165, 1.54) is 77.2 Å². The third-order valence-corrected chi connectivity index (χ3v) is 12.4. The van der Waals surface area contributed by atoms with E-state index in [2.05, 4.69) is 146 Å². The number of hydrogen-bond acceptors (Lipinski definition) is 4. The predicted molar refractivity (Wildman–Crippen MR) is 246 cm³/mol. The van der Waals surface area contributed by atoms with Gasteiger partial charge >= 0.3 is 0 Å². The van der Waals surface area contributed by atoms with Gasteiger partial charge in [0.2, 0.25) is 0 Å². The maximum absolute atomic E-state index is 5.25. The average molecular weight is 761 g/mol. The van der Waals surface area contributed by atoms with E-state index in [1.807, 2.05) is 48.7 Å². The van der Waals surface area contributed by atoms with Crippen LogP contribution in [0, 0.1) is 0 Å². The summed E-state index contributed by atoms with van der Waals surface area (Å²) in [5, 5.41) is 7.19. The van der Waals surface area contributed by atoms with Gasteiger partial charge in [0.1, 0.15) is 5.69 Å². The molecule has 4 nitrogen and oxygen atoms in total. The minimum absolute atomic E-state index is 0.530. The van der Waals surface area contributed by atoms with Crippen molar-refractivity contribution in [3.8, 4) is 101 Å². The van der Waals surface area contributed by atoms with Gasteiger partial charge in [-0.15, -0.1) is 0 Å². The van der Waals surface area contributed by atoms with Crippen LogP contribution in [-0.2, 0) is 0 Å². The topological polar surface area (TPSA) is 51.6 Å². The molecule has 0 saturated carbocycles. The minimum Gasteiger partial charge on any atom is -0.252 e. The Morgan fingerprint density at radius 2 is 0.700 bits per heavy atom. The molecule has 0 saturated heterocycles. The molecule has 0 amide bonds. The Balaban J connectivity index is 1.08. The molecule has 11 aromatic rings. The van der Waals surface area contributed by atoms with E-state index in [-0.39, 0.29) is 0 Å². The highest BCUT2D eigenvalue weighted by atomic mass is 15.0. The SMILES string of the molecule is c1ccc(-c2nc(-c3cc(-c4ccc5c6c(cccc46)-c4ccccc4-5)cc(-c4ccc5c6c(cccc46)-c4ccccc4-5)c3)nc(-c3cc4ccccc4cn3)n2)cc1. The molecule has 276 valence electrons. The highest BCUT2D eigenvalue weighted by Crippen LogP contribution is 2.52. The van der Waals surface area contributed by atoms with Crippen molar-refractivity contribution >= 4 is 32.3 Å². The molecule has 0 atom stereocenters. The van der Waals surface area contributed by atoms with E-state index in [9.17, 15) is 0 Å². The summed E-state index contributed by atoms with van der Waals surface area (Å²) < 4.78 is 0. The molecule has 60 heavy (non-hydrogen) atoms. The van der Waals surface area contributed by atoms with Crippen LogP contribution in [0.1, 0.15) is 0 Å². The van der Waals surface area contributed by atoms with E-state index in [0.29, 0.717) is 23.2 Å². The Labute approximate surface area is 346 Å². The molecule has 2 aliphatic carbocycles. The number of rotatable bonds is 5. The van der Waals surface area contributed by atoms with E-state index in [0.717, 1.165) is 33.0 Å². The Kier molecular flexibility index (Phi) is 6.98. The number of fused-ring (bicyclic) bond motifs is 7. The maximum Gasteiger partial charge on any atom is 0.182 e. The van der Waals surface area contributed by atoms with Crippen molar-refractivity contribution in [1.82, 2.24) is 19.9 Å². The van der Waals surface area contributed by atoms with Crippen LogP contribution < -0.4 is 0 Å². The smallest absolute Gasteiger partial charge is 0.182 e. The Hall–Kier alpha value is -8.08. The Bertz CT molecular complexity index is 3400. The summed E-state index contributed by atoms with van der Waals surface area (Å²) in [6.07, 6.45) is 1.90. The number of pyridine rings is 1. The van der Waals surface area contributed by atoms with Crippen molar-refractivity contribution in [3.63, 3.8) is 0 Å². The fourth-order valence-corrected chi connectivity index (χ4v) is 9.73. The zero-order chi connectivity index (χ0) is 39.3. The number of aromatic nitrogens is 4. The van der Waals surface area contributed by atoms with Crippen LogP contribution in [0.2, 0.25) is 0 Å². The molecule has 2 aliphatic rings. The number of benzene rings is 9. The summed E-state index contributed by atoms with van der Waals surface area (Å²) in [7, 11) is 0. The highest BCUT2D eigenvalue weighted by Gasteiger charge is 2.25. The zero-order valence-corrected chi connectivity index (χ0v) is 32.3. The summed E-state index contributed by atoms with van der Waals surface area (Å²) in [4.78, 5) is 20.4. The van der Waals surface area contributed by atoms with Gasteiger partial charge < -0.3 is 0 Å². The summed E-state index contributed by atoms with van der Waals surface area (Å²) in [5.74, 6) is 1.72. The van der Waals surface area contributed by atoms with E-state index >= 15 is 0 Å². The van der Waals surface area contributed by atoms with Gasteiger partial charge in [-0.25, -0.2) is 15.0 Å². The molecule has 0 bridgehead atoms. The Morgan fingerprint density at radius 3 is 1.28 bits per heavy atom. The van der Waals surface area contributed by atoms with E-state index < -0.39 is 0 Å². The first-order valence-electron chi connectivity index (χ1n) is 20.4. The van der Waals surface area contributed by atoms with Crippen molar-refractivity contribution < 1.29 is 0 Å². The summed E-state index contributed by atoms with van der Waals surface area (Å²) >= 11 is 0. The summed E-state index contributed by atoms with van der Waals surface area (Å²) in [6.45, 7) is 0. The molecule has 9 aromatic carbocycles. The fraction of sp³-hybridized carbons (Fsp3) is 0. The molecule has 0 unspecified atom stereocenters. The normalized spacial score (nSPS) is 12.0. The summed E-state index contributed by atoms with van der Waals surface area (Å²) in [5.41, 5.74) is 17.3. The molecule has 13 rings (SSSR count). The van der Waals surface area contributed by atoms with Crippen LogP contribution in [0.15, 0.2) is 194 Å². The van der Waals surface area contributed by atoms with Crippen LogP contribution in [0.4, 0.5) is 0 Å². The van der Waals surface area contributed by atoms with Crippen molar-refractivity contribution in [2.75, 3.05) is 0 Å². The van der Waals surface area contributed by atoms with Gasteiger partial charge in [0.15, 0.2) is 17.5 Å². The van der Waals surface area contributed by atoms with Crippen molar-refractivity contribution in [3.05, 3.63) is 194 Å². The standard InChI is InChI=1S/C56H32N4/c1-2-12-33(13-3-1)54-58-55(60-56(59-54)51-31-34-14-4-5-15-35(34)32-57-51)38-29-36(39-24-26-49-43-18-8-6-16-41(43)47-22-10-20-45(39)52(47)49)28-37(30-38)40-25-27-50-44-19-9-7-17-42(44)48-23-11-21-46(40)53(48)50/h1-32H. The maximum atomic E-state index is 5.25. The quantitative estimate of drug-likeness (QED) is 0.175. The van der Waals surface area contributed by atoms with Crippen LogP contribution in [0.3, 0.4) is 0 Å². The second kappa shape index (κ2) is 12.7. The van der Waals surface area contributed by atoms with Gasteiger partial charge in [-0.2, -0.15) is 0 Å². The first-order chi connectivity index (χ1) is 29.7. The van der Waals surface area contributed by atoms with Crippen LogP contribution in [0.25, 0.3) is 133 Å². The second-order valence-corrected chi connectivity index (χ2v) is 15.8. The molecule has 0 aliphatic heterocycles. The molecule has 0 spiro atoms. The van der Waals surface area contributed by atoms with Crippen LogP contribution in [-0.4, -0.2) is 19.9 Å². The molecule has 0 N–H and O–H groups in total. The molecule has 0 radical (unpaired) electrons. The molecule has 2 aromatic heterocycles. The van der Waals surface area contributed by atoms with Gasteiger partial charge in [0.25, 0.3) is 0 Å². The highest BCUT2D eigenvalue weighted by molar-refractivity contribution is 6.20. The largest absolute Gasteiger partial charge is 0.252 e. The van der Waals surface area contributed by atoms with Crippen molar-refractivity contribution in [1.29, 1.82) is 0 Å². The average Bonchev–Trinajstić information content (AvgIpc) is 3.83. The lowest BCUT2D eigenvalue weighted by Gasteiger charge is -2.16. The van der Waals surface area contributed by atoms with Crippen molar-refractivity contribution in [2.45, 2.75) is 0 Å². The van der Waals surface area contributed by atoms with Gasteiger partial charge in [0, 0.05) is 22.7 Å². The van der Waals surface area contributed by atoms with Gasteiger partial charge in [-0.1, -0.05) is 164 Å². The first-order valence-corrected chi connectivity index (χ1v) is 20.4. The minimum atomic E-state index is 0.530. The van der Waals surface area contributed by atoms with E-state index in [1.54, 1.807) is 0 Å². The lowest BCUT2D eigenvalue weighted by Crippen LogP contribution is -2.01. The van der Waals surface area contributed by atoms with Gasteiger partial charge in [0.05, 0.1) is 0 Å². The molecular formula is C56H32N4.